The maximum absolute atomic E-state index is 11.2. The molecule has 2 aromatic heterocycles. The highest BCUT2D eigenvalue weighted by Crippen LogP contribution is 2.33. The van der Waals surface area contributed by atoms with E-state index in [1.807, 2.05) is 35.6 Å². The van der Waals surface area contributed by atoms with Gasteiger partial charge in [-0.2, -0.15) is 0 Å². The number of fused-ring (bicyclic) bond motifs is 1. The standard InChI is InChI=1S/C16H16N2O2S/c1-3-14-15(11-5-7-13(8-6-11)20-4-2)18-12(10-19)9-17-16(18)21-14/h5-10H,3-4H2,1-2H3. The normalized spacial score (nSPS) is 11.0. The molecule has 3 rings (SSSR count). The van der Waals surface area contributed by atoms with Gasteiger partial charge in [-0.1, -0.05) is 6.92 Å². The number of carbonyl (C=O) groups excluding carboxylic acids is 1. The molecule has 0 saturated heterocycles. The van der Waals surface area contributed by atoms with E-state index in [0.29, 0.717) is 12.3 Å². The second-order valence-electron chi connectivity index (χ2n) is 4.60. The molecular weight excluding hydrogens is 284 g/mol. The number of benzene rings is 1. The van der Waals surface area contributed by atoms with Crippen molar-refractivity contribution in [2.75, 3.05) is 6.61 Å². The second kappa shape index (κ2) is 5.69. The molecule has 0 saturated carbocycles. The third-order valence-electron chi connectivity index (χ3n) is 3.34. The van der Waals surface area contributed by atoms with Crippen LogP contribution < -0.4 is 4.74 Å². The Morgan fingerprint density at radius 2 is 2.05 bits per heavy atom. The number of rotatable bonds is 5. The molecule has 4 nitrogen and oxygen atoms in total. The molecule has 1 aromatic carbocycles. The second-order valence-corrected chi connectivity index (χ2v) is 5.67. The number of thiazole rings is 1. The topological polar surface area (TPSA) is 43.6 Å². The average molecular weight is 300 g/mol. The Morgan fingerprint density at radius 3 is 2.67 bits per heavy atom. The summed E-state index contributed by atoms with van der Waals surface area (Å²) in [6.07, 6.45) is 3.38. The number of hydrogen-bond donors (Lipinski definition) is 0. The Kier molecular flexibility index (Phi) is 3.75. The van der Waals surface area contributed by atoms with Gasteiger partial charge in [0.2, 0.25) is 0 Å². The first-order chi connectivity index (χ1) is 10.3. The van der Waals surface area contributed by atoms with Gasteiger partial charge < -0.3 is 4.74 Å². The van der Waals surface area contributed by atoms with Crippen LogP contribution in [0.3, 0.4) is 0 Å². The van der Waals surface area contributed by atoms with Crippen LogP contribution in [0.4, 0.5) is 0 Å². The maximum Gasteiger partial charge on any atom is 0.194 e. The van der Waals surface area contributed by atoms with Gasteiger partial charge >= 0.3 is 0 Å². The number of aldehydes is 1. The molecule has 0 aliphatic carbocycles. The van der Waals surface area contributed by atoms with Gasteiger partial charge in [0.1, 0.15) is 11.4 Å². The summed E-state index contributed by atoms with van der Waals surface area (Å²) in [5, 5.41) is 0. The van der Waals surface area contributed by atoms with E-state index in [1.165, 1.54) is 4.88 Å². The molecule has 0 amide bonds. The molecule has 0 aliphatic heterocycles. The predicted molar refractivity (Wildman–Crippen MR) is 84.4 cm³/mol. The van der Waals surface area contributed by atoms with E-state index in [2.05, 4.69) is 11.9 Å². The first kappa shape index (κ1) is 13.8. The van der Waals surface area contributed by atoms with E-state index < -0.39 is 0 Å². The molecule has 0 aliphatic rings. The van der Waals surface area contributed by atoms with Crippen molar-refractivity contribution in [3.8, 4) is 17.0 Å². The molecule has 3 aromatic rings. The molecule has 0 unspecified atom stereocenters. The minimum Gasteiger partial charge on any atom is -0.494 e. The number of nitrogens with zero attached hydrogens (tertiary/aromatic N) is 2. The number of aromatic nitrogens is 2. The van der Waals surface area contributed by atoms with Gasteiger partial charge in [-0.3, -0.25) is 9.20 Å². The summed E-state index contributed by atoms with van der Waals surface area (Å²) in [5.74, 6) is 0.854. The lowest BCUT2D eigenvalue weighted by Crippen LogP contribution is -1.95. The van der Waals surface area contributed by atoms with Crippen LogP contribution in [0, 0.1) is 0 Å². The van der Waals surface area contributed by atoms with Gasteiger partial charge in [0, 0.05) is 4.88 Å². The molecule has 21 heavy (non-hydrogen) atoms. The molecule has 0 fully saturated rings. The Labute approximate surface area is 127 Å². The number of carbonyl (C=O) groups is 1. The lowest BCUT2D eigenvalue weighted by Gasteiger charge is -2.07. The zero-order valence-corrected chi connectivity index (χ0v) is 12.8. The quantitative estimate of drug-likeness (QED) is 0.672. The van der Waals surface area contributed by atoms with Crippen LogP contribution in [0.15, 0.2) is 30.5 Å². The fourth-order valence-electron chi connectivity index (χ4n) is 2.42. The van der Waals surface area contributed by atoms with Crippen molar-refractivity contribution in [1.82, 2.24) is 9.38 Å². The van der Waals surface area contributed by atoms with Gasteiger partial charge in [-0.25, -0.2) is 4.98 Å². The summed E-state index contributed by atoms with van der Waals surface area (Å²) in [7, 11) is 0. The Balaban J connectivity index is 2.17. The van der Waals surface area contributed by atoms with E-state index in [1.54, 1.807) is 17.5 Å². The maximum atomic E-state index is 11.2. The molecular formula is C16H16N2O2S. The van der Waals surface area contributed by atoms with E-state index in [0.717, 1.165) is 34.7 Å². The molecule has 2 heterocycles. The summed E-state index contributed by atoms with van der Waals surface area (Å²) in [6, 6.07) is 7.97. The number of hydrogen-bond acceptors (Lipinski definition) is 4. The van der Waals surface area contributed by atoms with E-state index in [9.17, 15) is 4.79 Å². The Bertz CT molecular complexity index is 772. The zero-order valence-electron chi connectivity index (χ0n) is 12.0. The van der Waals surface area contributed by atoms with E-state index in [-0.39, 0.29) is 0 Å². The van der Waals surface area contributed by atoms with Crippen LogP contribution in [-0.2, 0) is 6.42 Å². The summed E-state index contributed by atoms with van der Waals surface area (Å²) >= 11 is 1.63. The third kappa shape index (κ3) is 2.34. The fraction of sp³-hybridized carbons (Fsp3) is 0.250. The Hall–Kier alpha value is -2.14. The van der Waals surface area contributed by atoms with E-state index in [4.69, 9.17) is 4.74 Å². The van der Waals surface area contributed by atoms with Crippen molar-refractivity contribution >= 4 is 22.6 Å². The molecule has 0 spiro atoms. The summed E-state index contributed by atoms with van der Waals surface area (Å²) in [6.45, 7) is 4.73. The van der Waals surface area contributed by atoms with Crippen molar-refractivity contribution in [1.29, 1.82) is 0 Å². The SMILES string of the molecule is CCOc1ccc(-c2c(CC)sc3ncc(C=O)n23)cc1. The molecule has 0 bridgehead atoms. The molecule has 5 heteroatoms. The number of imidazole rings is 1. The van der Waals surface area contributed by atoms with Gasteiger partial charge in [0.25, 0.3) is 0 Å². The van der Waals surface area contributed by atoms with Crippen molar-refractivity contribution in [3.63, 3.8) is 0 Å². The molecule has 0 atom stereocenters. The summed E-state index contributed by atoms with van der Waals surface area (Å²) < 4.78 is 7.42. The Morgan fingerprint density at radius 1 is 1.29 bits per heavy atom. The lowest BCUT2D eigenvalue weighted by atomic mass is 10.1. The van der Waals surface area contributed by atoms with Crippen LogP contribution in [0.5, 0.6) is 5.75 Å². The predicted octanol–water partition coefficient (Wildman–Crippen LogP) is 3.84. The molecule has 0 radical (unpaired) electrons. The van der Waals surface area contributed by atoms with Crippen LogP contribution in [0.1, 0.15) is 29.2 Å². The largest absolute Gasteiger partial charge is 0.494 e. The molecule has 0 N–H and O–H groups in total. The highest BCUT2D eigenvalue weighted by molar-refractivity contribution is 7.17. The third-order valence-corrected chi connectivity index (χ3v) is 4.54. The van der Waals surface area contributed by atoms with Gasteiger partial charge in [-0.15, -0.1) is 11.3 Å². The molecule has 108 valence electrons. The van der Waals surface area contributed by atoms with Gasteiger partial charge in [0.15, 0.2) is 11.2 Å². The first-order valence-corrected chi connectivity index (χ1v) is 7.77. The minimum atomic E-state index is 0.588. The zero-order chi connectivity index (χ0) is 14.8. The number of aryl methyl sites for hydroxylation is 1. The van der Waals surface area contributed by atoms with Gasteiger partial charge in [0.05, 0.1) is 18.5 Å². The number of ether oxygens (including phenoxy) is 1. The smallest absolute Gasteiger partial charge is 0.194 e. The monoisotopic (exact) mass is 300 g/mol. The van der Waals surface area contributed by atoms with Crippen LogP contribution in [0.25, 0.3) is 16.2 Å². The highest BCUT2D eigenvalue weighted by Gasteiger charge is 2.16. The minimum absolute atomic E-state index is 0.588. The fourth-order valence-corrected chi connectivity index (χ4v) is 3.48. The van der Waals surface area contributed by atoms with E-state index >= 15 is 0 Å². The average Bonchev–Trinajstić information content (AvgIpc) is 3.06. The van der Waals surface area contributed by atoms with Crippen molar-refractivity contribution in [2.24, 2.45) is 0 Å². The van der Waals surface area contributed by atoms with Crippen molar-refractivity contribution in [3.05, 3.63) is 41.0 Å². The first-order valence-electron chi connectivity index (χ1n) is 6.96. The van der Waals surface area contributed by atoms with Gasteiger partial charge in [-0.05, 0) is 43.2 Å². The summed E-state index contributed by atoms with van der Waals surface area (Å²) in [4.78, 5) is 17.6. The van der Waals surface area contributed by atoms with Crippen LogP contribution in [-0.4, -0.2) is 22.3 Å². The van der Waals surface area contributed by atoms with Crippen molar-refractivity contribution < 1.29 is 9.53 Å². The summed E-state index contributed by atoms with van der Waals surface area (Å²) in [5.41, 5.74) is 2.72. The van der Waals surface area contributed by atoms with Crippen molar-refractivity contribution in [2.45, 2.75) is 20.3 Å². The van der Waals surface area contributed by atoms with Crippen LogP contribution >= 0.6 is 11.3 Å². The van der Waals surface area contributed by atoms with Crippen LogP contribution in [0.2, 0.25) is 0 Å². The lowest BCUT2D eigenvalue weighted by molar-refractivity contribution is 0.111. The highest BCUT2D eigenvalue weighted by atomic mass is 32.1.